The lowest BCUT2D eigenvalue weighted by Gasteiger charge is -2.34. The second-order valence-corrected chi connectivity index (χ2v) is 13.8. The molecule has 0 bridgehead atoms. The number of carbonyl (C=O) groups excluding carboxylic acids is 2. The van der Waals surface area contributed by atoms with Crippen LogP contribution in [0.25, 0.3) is 0 Å². The SMILES string of the molecule is CCCCNC(=O)[C@H](Cc1ccccc1)N(Cc1ccc(C)cc1)C(=O)CN(c1ccc(C(C)C)cc1)S(=O)(=O)c1ccccc1. The summed E-state index contributed by atoms with van der Waals surface area (Å²) in [6, 6.07) is 31.9. The van der Waals surface area contributed by atoms with Gasteiger partial charge in [-0.05, 0) is 60.2 Å². The molecule has 0 radical (unpaired) electrons. The molecule has 0 saturated heterocycles. The highest BCUT2D eigenvalue weighted by atomic mass is 32.2. The van der Waals surface area contributed by atoms with Crippen LogP contribution in [-0.2, 0) is 32.6 Å². The first-order chi connectivity index (χ1) is 22.1. The third-order valence-electron chi connectivity index (χ3n) is 8.03. The van der Waals surface area contributed by atoms with Gasteiger partial charge in [-0.2, -0.15) is 0 Å². The molecule has 0 spiro atoms. The van der Waals surface area contributed by atoms with Crippen molar-refractivity contribution in [1.82, 2.24) is 10.2 Å². The predicted octanol–water partition coefficient (Wildman–Crippen LogP) is 6.87. The highest BCUT2D eigenvalue weighted by Gasteiger charge is 2.34. The van der Waals surface area contributed by atoms with Gasteiger partial charge in [0, 0.05) is 19.5 Å². The Bertz CT molecular complexity index is 1660. The van der Waals surface area contributed by atoms with Crippen LogP contribution in [0.4, 0.5) is 5.69 Å². The Morgan fingerprint density at radius 1 is 0.783 bits per heavy atom. The van der Waals surface area contributed by atoms with E-state index < -0.39 is 28.5 Å². The van der Waals surface area contributed by atoms with Gasteiger partial charge in [0.25, 0.3) is 10.0 Å². The fraction of sp³-hybridized carbons (Fsp3) is 0.316. The number of anilines is 1. The van der Waals surface area contributed by atoms with Gasteiger partial charge >= 0.3 is 0 Å². The molecule has 0 aliphatic heterocycles. The van der Waals surface area contributed by atoms with Crippen LogP contribution in [0.3, 0.4) is 0 Å². The number of carbonyl (C=O) groups is 2. The molecule has 0 aliphatic carbocycles. The molecule has 0 fully saturated rings. The Morgan fingerprint density at radius 2 is 1.39 bits per heavy atom. The standard InChI is InChI=1S/C38H45N3O4S/c1-5-6-25-39-38(43)36(26-31-13-9-7-10-14-31)40(27-32-19-17-30(4)18-20-32)37(42)28-41(34-23-21-33(22-24-34)29(2)3)46(44,45)35-15-11-8-12-16-35/h7-24,29,36H,5-6,25-28H2,1-4H3,(H,39,43)/t36-/m0/s1. The van der Waals surface area contributed by atoms with Gasteiger partial charge in [-0.1, -0.05) is 118 Å². The van der Waals surface area contributed by atoms with E-state index >= 15 is 0 Å². The van der Waals surface area contributed by atoms with Crippen molar-refractivity contribution in [2.75, 3.05) is 17.4 Å². The van der Waals surface area contributed by atoms with Gasteiger partial charge in [0.15, 0.2) is 0 Å². The van der Waals surface area contributed by atoms with Crippen LogP contribution in [0.15, 0.2) is 114 Å². The van der Waals surface area contributed by atoms with E-state index in [4.69, 9.17) is 0 Å². The molecule has 0 unspecified atom stereocenters. The highest BCUT2D eigenvalue weighted by molar-refractivity contribution is 7.92. The van der Waals surface area contributed by atoms with E-state index in [1.54, 1.807) is 30.3 Å². The molecule has 2 amide bonds. The molecule has 1 N–H and O–H groups in total. The third kappa shape index (κ3) is 9.07. The van der Waals surface area contributed by atoms with Gasteiger partial charge in [0.05, 0.1) is 10.6 Å². The summed E-state index contributed by atoms with van der Waals surface area (Å²) >= 11 is 0. The molecule has 4 rings (SSSR count). The van der Waals surface area contributed by atoms with E-state index in [-0.39, 0.29) is 29.7 Å². The van der Waals surface area contributed by atoms with Crippen LogP contribution in [-0.4, -0.2) is 44.3 Å². The Hall–Kier alpha value is -4.43. The molecule has 0 heterocycles. The van der Waals surface area contributed by atoms with Crippen LogP contribution in [0.2, 0.25) is 0 Å². The minimum Gasteiger partial charge on any atom is -0.354 e. The number of hydrogen-bond acceptors (Lipinski definition) is 4. The molecule has 7 nitrogen and oxygen atoms in total. The smallest absolute Gasteiger partial charge is 0.264 e. The summed E-state index contributed by atoms with van der Waals surface area (Å²) in [5.41, 5.74) is 4.25. The first-order valence-electron chi connectivity index (χ1n) is 15.9. The molecular formula is C38H45N3O4S. The maximum Gasteiger partial charge on any atom is 0.264 e. The molecule has 0 aliphatic rings. The lowest BCUT2D eigenvalue weighted by molar-refractivity contribution is -0.140. The van der Waals surface area contributed by atoms with Gasteiger partial charge in [-0.25, -0.2) is 8.42 Å². The Morgan fingerprint density at radius 3 is 1.98 bits per heavy atom. The van der Waals surface area contributed by atoms with Gasteiger partial charge in [0.1, 0.15) is 12.6 Å². The topological polar surface area (TPSA) is 86.8 Å². The second-order valence-electron chi connectivity index (χ2n) is 11.9. The molecule has 242 valence electrons. The monoisotopic (exact) mass is 639 g/mol. The van der Waals surface area contributed by atoms with Crippen molar-refractivity contribution in [2.45, 2.75) is 70.4 Å². The van der Waals surface area contributed by atoms with Crippen LogP contribution < -0.4 is 9.62 Å². The van der Waals surface area contributed by atoms with E-state index in [9.17, 15) is 18.0 Å². The second kappa shape index (κ2) is 16.2. The van der Waals surface area contributed by atoms with E-state index in [1.807, 2.05) is 73.7 Å². The fourth-order valence-electron chi connectivity index (χ4n) is 5.22. The number of amides is 2. The van der Waals surface area contributed by atoms with Crippen molar-refractivity contribution in [3.63, 3.8) is 0 Å². The summed E-state index contributed by atoms with van der Waals surface area (Å²) in [6.07, 6.45) is 2.01. The van der Waals surface area contributed by atoms with Crippen LogP contribution in [0, 0.1) is 6.92 Å². The summed E-state index contributed by atoms with van der Waals surface area (Å²) in [6.45, 7) is 8.33. The molecular weight excluding hydrogens is 595 g/mol. The van der Waals surface area contributed by atoms with Gasteiger partial charge < -0.3 is 10.2 Å². The molecule has 4 aromatic rings. The highest BCUT2D eigenvalue weighted by Crippen LogP contribution is 2.27. The van der Waals surface area contributed by atoms with Crippen LogP contribution in [0.5, 0.6) is 0 Å². The average molecular weight is 640 g/mol. The molecule has 0 aromatic heterocycles. The molecule has 1 atom stereocenters. The van der Waals surface area contributed by atoms with Crippen molar-refractivity contribution in [3.8, 4) is 0 Å². The van der Waals surface area contributed by atoms with Crippen molar-refractivity contribution < 1.29 is 18.0 Å². The number of sulfonamides is 1. The summed E-state index contributed by atoms with van der Waals surface area (Å²) in [7, 11) is -4.13. The number of hydrogen-bond donors (Lipinski definition) is 1. The van der Waals surface area contributed by atoms with Crippen LogP contribution >= 0.6 is 0 Å². The van der Waals surface area contributed by atoms with E-state index in [0.29, 0.717) is 12.2 Å². The summed E-state index contributed by atoms with van der Waals surface area (Å²) in [4.78, 5) is 30.0. The fourth-order valence-corrected chi connectivity index (χ4v) is 6.66. The zero-order valence-corrected chi connectivity index (χ0v) is 28.0. The van der Waals surface area contributed by atoms with E-state index in [1.165, 1.54) is 17.0 Å². The Balaban J connectivity index is 1.78. The summed E-state index contributed by atoms with van der Waals surface area (Å²) < 4.78 is 29.5. The molecule has 4 aromatic carbocycles. The third-order valence-corrected chi connectivity index (χ3v) is 9.82. The number of nitrogens with one attached hydrogen (secondary N) is 1. The van der Waals surface area contributed by atoms with Crippen molar-refractivity contribution >= 4 is 27.5 Å². The maximum absolute atomic E-state index is 14.6. The summed E-state index contributed by atoms with van der Waals surface area (Å²) in [5, 5.41) is 3.03. The van der Waals surface area contributed by atoms with E-state index in [2.05, 4.69) is 26.1 Å². The van der Waals surface area contributed by atoms with Gasteiger partial charge in [0.2, 0.25) is 11.8 Å². The van der Waals surface area contributed by atoms with Crippen molar-refractivity contribution in [3.05, 3.63) is 131 Å². The maximum atomic E-state index is 14.6. The van der Waals surface area contributed by atoms with Crippen molar-refractivity contribution in [2.24, 2.45) is 0 Å². The first kappa shape index (κ1) is 34.4. The summed E-state index contributed by atoms with van der Waals surface area (Å²) in [5.74, 6) is -0.485. The van der Waals surface area contributed by atoms with E-state index in [0.717, 1.165) is 39.4 Å². The lowest BCUT2D eigenvalue weighted by atomic mass is 10.0. The zero-order valence-electron chi connectivity index (χ0n) is 27.2. The number of nitrogens with zero attached hydrogens (tertiary/aromatic N) is 2. The Labute approximate surface area is 274 Å². The zero-order chi connectivity index (χ0) is 33.1. The predicted molar refractivity (Wildman–Crippen MR) is 185 cm³/mol. The number of benzene rings is 4. The normalized spacial score (nSPS) is 12.0. The van der Waals surface area contributed by atoms with Crippen molar-refractivity contribution in [1.29, 1.82) is 0 Å². The lowest BCUT2D eigenvalue weighted by Crippen LogP contribution is -2.53. The van der Waals surface area contributed by atoms with Gasteiger partial charge in [-0.15, -0.1) is 0 Å². The molecule has 0 saturated carbocycles. The minimum atomic E-state index is -4.13. The van der Waals surface area contributed by atoms with Crippen LogP contribution in [0.1, 0.15) is 61.8 Å². The molecule has 8 heteroatoms. The quantitative estimate of drug-likeness (QED) is 0.144. The van der Waals surface area contributed by atoms with Gasteiger partial charge in [-0.3, -0.25) is 13.9 Å². The largest absolute Gasteiger partial charge is 0.354 e. The number of unbranched alkanes of at least 4 members (excludes halogenated alkanes) is 1. The Kier molecular flexibility index (Phi) is 12.1. The average Bonchev–Trinajstić information content (AvgIpc) is 3.07. The number of rotatable bonds is 15. The minimum absolute atomic E-state index is 0.0824. The number of aryl methyl sites for hydroxylation is 1. The molecule has 46 heavy (non-hydrogen) atoms. The first-order valence-corrected chi connectivity index (χ1v) is 17.4.